The number of carbonyl (C=O) groups is 1. The Morgan fingerprint density at radius 3 is 2.88 bits per heavy atom. The first kappa shape index (κ1) is 10.7. The molecule has 2 unspecified atom stereocenters. The minimum absolute atomic E-state index is 0.118. The third-order valence-electron chi connectivity index (χ3n) is 2.78. The van der Waals surface area contributed by atoms with Crippen LogP contribution in [-0.2, 0) is 0 Å². The van der Waals surface area contributed by atoms with Crippen LogP contribution in [0.1, 0.15) is 22.5 Å². The summed E-state index contributed by atoms with van der Waals surface area (Å²) in [7, 11) is 0. The number of ketones is 1. The van der Waals surface area contributed by atoms with Gasteiger partial charge in [0.05, 0.1) is 0 Å². The first-order valence-electron chi connectivity index (χ1n) is 5.05. The lowest BCUT2D eigenvalue weighted by molar-refractivity contribution is 0.0956. The van der Waals surface area contributed by atoms with Crippen molar-refractivity contribution in [2.45, 2.75) is 13.3 Å². The van der Waals surface area contributed by atoms with Crippen molar-refractivity contribution in [2.24, 2.45) is 11.8 Å². The Kier molecular flexibility index (Phi) is 2.42. The van der Waals surface area contributed by atoms with E-state index < -0.39 is 5.63 Å². The smallest absolute Gasteiger partial charge is 0.350 e. The van der Waals surface area contributed by atoms with Gasteiger partial charge in [0.2, 0.25) is 0 Å². The monoisotopic (exact) mass is 220 g/mol. The summed E-state index contributed by atoms with van der Waals surface area (Å²) >= 11 is 0. The maximum absolute atomic E-state index is 11.9. The molecular weight excluding hydrogens is 208 g/mol. The fraction of sp³-hybridized carbons (Fsp3) is 0.333. The Morgan fingerprint density at radius 1 is 1.69 bits per heavy atom. The molecule has 0 radical (unpaired) electrons. The highest BCUT2D eigenvalue weighted by Crippen LogP contribution is 2.42. The van der Waals surface area contributed by atoms with Crippen LogP contribution in [-0.4, -0.2) is 10.9 Å². The minimum Gasteiger partial charge on any atom is -0.507 e. The molecule has 1 aliphatic rings. The molecule has 1 N–H and O–H groups in total. The predicted octanol–water partition coefficient (Wildman–Crippen LogP) is 1.66. The van der Waals surface area contributed by atoms with Crippen LogP contribution in [0.5, 0.6) is 5.75 Å². The Bertz CT molecular complexity index is 512. The summed E-state index contributed by atoms with van der Waals surface area (Å²) in [5.41, 5.74) is -1.00. The van der Waals surface area contributed by atoms with Gasteiger partial charge >= 0.3 is 5.63 Å². The van der Waals surface area contributed by atoms with Gasteiger partial charge in [-0.15, -0.1) is 6.58 Å². The summed E-state index contributed by atoms with van der Waals surface area (Å²) < 4.78 is 4.79. The van der Waals surface area contributed by atoms with E-state index >= 15 is 0 Å². The predicted molar refractivity (Wildman–Crippen MR) is 57.5 cm³/mol. The SMILES string of the molecule is C=CC1CC1C(=O)c1c(O)cc(C)oc1=O. The molecule has 0 bridgehead atoms. The van der Waals surface area contributed by atoms with Gasteiger partial charge in [0.25, 0.3) is 0 Å². The van der Waals surface area contributed by atoms with Gasteiger partial charge in [-0.05, 0) is 19.3 Å². The Labute approximate surface area is 92.2 Å². The van der Waals surface area contributed by atoms with Gasteiger partial charge in [-0.1, -0.05) is 6.08 Å². The van der Waals surface area contributed by atoms with Crippen molar-refractivity contribution in [3.05, 3.63) is 40.5 Å². The fourth-order valence-electron chi connectivity index (χ4n) is 1.78. The first-order valence-corrected chi connectivity index (χ1v) is 5.05. The number of hydrogen-bond donors (Lipinski definition) is 1. The van der Waals surface area contributed by atoms with Gasteiger partial charge in [-0.3, -0.25) is 4.79 Å². The Hall–Kier alpha value is -1.84. The number of allylic oxidation sites excluding steroid dienone is 1. The molecule has 0 spiro atoms. The van der Waals surface area contributed by atoms with Crippen LogP contribution in [0.2, 0.25) is 0 Å². The topological polar surface area (TPSA) is 67.5 Å². The van der Waals surface area contributed by atoms with Gasteiger partial charge in [-0.2, -0.15) is 0 Å². The molecule has 1 saturated carbocycles. The molecule has 0 aliphatic heterocycles. The number of aromatic hydroxyl groups is 1. The molecule has 16 heavy (non-hydrogen) atoms. The summed E-state index contributed by atoms with van der Waals surface area (Å²) in [4.78, 5) is 23.3. The normalized spacial score (nSPS) is 22.8. The van der Waals surface area contributed by atoms with Crippen LogP contribution in [0.3, 0.4) is 0 Å². The van der Waals surface area contributed by atoms with Crippen molar-refractivity contribution < 1.29 is 14.3 Å². The number of rotatable bonds is 3. The van der Waals surface area contributed by atoms with Crippen molar-refractivity contribution in [3.63, 3.8) is 0 Å². The maximum atomic E-state index is 11.9. The van der Waals surface area contributed by atoms with Gasteiger partial charge in [0.15, 0.2) is 5.78 Å². The molecule has 1 fully saturated rings. The van der Waals surface area contributed by atoms with Gasteiger partial charge in [0.1, 0.15) is 17.1 Å². The van der Waals surface area contributed by atoms with Crippen molar-refractivity contribution in [1.82, 2.24) is 0 Å². The molecule has 0 aromatic carbocycles. The maximum Gasteiger partial charge on any atom is 0.350 e. The number of Topliss-reactive ketones (excluding diaryl/α,β-unsaturated/α-hetero) is 1. The van der Waals surface area contributed by atoms with E-state index in [0.29, 0.717) is 6.42 Å². The second-order valence-corrected chi connectivity index (χ2v) is 4.01. The zero-order valence-corrected chi connectivity index (χ0v) is 8.90. The lowest BCUT2D eigenvalue weighted by Gasteiger charge is -2.01. The molecule has 1 aliphatic carbocycles. The molecule has 1 aromatic heterocycles. The van der Waals surface area contributed by atoms with Crippen molar-refractivity contribution in [3.8, 4) is 5.75 Å². The highest BCUT2D eigenvalue weighted by Gasteiger charge is 2.43. The Morgan fingerprint density at radius 2 is 2.38 bits per heavy atom. The minimum atomic E-state index is -0.766. The van der Waals surface area contributed by atoms with Gasteiger partial charge < -0.3 is 9.52 Å². The second kappa shape index (κ2) is 3.63. The van der Waals surface area contributed by atoms with Crippen LogP contribution < -0.4 is 5.63 Å². The summed E-state index contributed by atoms with van der Waals surface area (Å²) in [5, 5.41) is 9.57. The van der Waals surface area contributed by atoms with Gasteiger partial charge in [0, 0.05) is 12.0 Å². The van der Waals surface area contributed by atoms with Crippen molar-refractivity contribution in [2.75, 3.05) is 0 Å². The number of aryl methyl sites for hydroxylation is 1. The standard InChI is InChI=1S/C12H12O4/c1-3-7-5-8(7)11(14)10-9(13)4-6(2)16-12(10)15/h3-4,7-8,13H,1,5H2,2H3. The summed E-state index contributed by atoms with van der Waals surface area (Å²) in [6.45, 7) is 5.13. The van der Waals surface area contributed by atoms with Crippen LogP contribution in [0.25, 0.3) is 0 Å². The van der Waals surface area contributed by atoms with E-state index in [2.05, 4.69) is 6.58 Å². The molecule has 2 rings (SSSR count). The van der Waals surface area contributed by atoms with Crippen molar-refractivity contribution in [1.29, 1.82) is 0 Å². The molecule has 4 heteroatoms. The van der Waals surface area contributed by atoms with E-state index in [-0.39, 0.29) is 34.7 Å². The molecule has 1 aromatic rings. The molecule has 1 heterocycles. The third-order valence-corrected chi connectivity index (χ3v) is 2.78. The molecule has 84 valence electrons. The average molecular weight is 220 g/mol. The zero-order valence-electron chi connectivity index (χ0n) is 8.90. The average Bonchev–Trinajstić information content (AvgIpc) is 2.94. The summed E-state index contributed by atoms with van der Waals surface area (Å²) in [6.07, 6.45) is 2.38. The van der Waals surface area contributed by atoms with E-state index in [1.165, 1.54) is 6.07 Å². The highest BCUT2D eigenvalue weighted by molar-refractivity contribution is 6.01. The van der Waals surface area contributed by atoms with Gasteiger partial charge in [-0.25, -0.2) is 4.79 Å². The van der Waals surface area contributed by atoms with E-state index in [0.717, 1.165) is 0 Å². The largest absolute Gasteiger partial charge is 0.507 e. The van der Waals surface area contributed by atoms with Crippen LogP contribution in [0.4, 0.5) is 0 Å². The summed E-state index contributed by atoms with van der Waals surface area (Å²) in [6, 6.07) is 1.28. The zero-order chi connectivity index (χ0) is 11.9. The van der Waals surface area contributed by atoms with Crippen LogP contribution >= 0.6 is 0 Å². The quantitative estimate of drug-likeness (QED) is 0.621. The Balaban J connectivity index is 2.38. The molecular formula is C12H12O4. The number of hydrogen-bond acceptors (Lipinski definition) is 4. The van der Waals surface area contributed by atoms with E-state index in [4.69, 9.17) is 4.42 Å². The van der Waals surface area contributed by atoms with E-state index in [9.17, 15) is 14.7 Å². The fourth-order valence-corrected chi connectivity index (χ4v) is 1.78. The number of carbonyl (C=O) groups excluding carboxylic acids is 1. The van der Waals surface area contributed by atoms with Crippen molar-refractivity contribution >= 4 is 5.78 Å². The molecule has 0 saturated heterocycles. The lowest BCUT2D eigenvalue weighted by Crippen LogP contribution is -2.16. The molecule has 4 nitrogen and oxygen atoms in total. The summed E-state index contributed by atoms with van der Waals surface area (Å²) in [5.74, 6) is -0.471. The third kappa shape index (κ3) is 1.66. The molecule has 2 atom stereocenters. The second-order valence-electron chi connectivity index (χ2n) is 4.01. The molecule has 0 amide bonds. The van der Waals surface area contributed by atoms with E-state index in [1.807, 2.05) is 0 Å². The van der Waals surface area contributed by atoms with Crippen LogP contribution in [0.15, 0.2) is 27.9 Å². The first-order chi connectivity index (χ1) is 7.54. The van der Waals surface area contributed by atoms with Crippen LogP contribution in [0, 0.1) is 18.8 Å². The van der Waals surface area contributed by atoms with E-state index in [1.54, 1.807) is 13.0 Å². The highest BCUT2D eigenvalue weighted by atomic mass is 16.4. The lowest BCUT2D eigenvalue weighted by atomic mass is 10.1.